The summed E-state index contributed by atoms with van der Waals surface area (Å²) >= 11 is 0. The molecule has 2 aromatic heterocycles. The molecule has 2 aromatic rings. The molecule has 0 aliphatic rings. The lowest BCUT2D eigenvalue weighted by Gasteiger charge is -1.98. The third kappa shape index (κ3) is 1.30. The van der Waals surface area contributed by atoms with Gasteiger partial charge < -0.3 is 0 Å². The molecule has 12 heavy (non-hydrogen) atoms. The molecule has 0 N–H and O–H groups in total. The van der Waals surface area contributed by atoms with Crippen LogP contribution in [-0.4, -0.2) is 16.6 Å². The van der Waals surface area contributed by atoms with Crippen LogP contribution in [0.15, 0.2) is 30.7 Å². The van der Waals surface area contributed by atoms with Crippen molar-refractivity contribution in [3.63, 3.8) is 0 Å². The number of hydrogen-bond acceptors (Lipinski definition) is 2. The van der Waals surface area contributed by atoms with Crippen molar-refractivity contribution in [1.29, 1.82) is 0 Å². The Labute approximate surface area is 72.8 Å². The molecule has 3 heteroatoms. The van der Waals surface area contributed by atoms with Gasteiger partial charge in [-0.2, -0.15) is 0 Å². The molecule has 1 unspecified atom stereocenters. The fourth-order valence-corrected chi connectivity index (χ4v) is 1.60. The van der Waals surface area contributed by atoms with Gasteiger partial charge in [-0.05, 0) is 24.1 Å². The van der Waals surface area contributed by atoms with Crippen LogP contribution in [-0.2, 0) is 0 Å². The number of fused-ring (bicyclic) bond motifs is 1. The second-order valence-corrected chi connectivity index (χ2v) is 3.62. The molecule has 0 spiro atoms. The van der Waals surface area contributed by atoms with E-state index in [9.17, 15) is 0 Å². The van der Waals surface area contributed by atoms with E-state index in [0.717, 1.165) is 19.5 Å². The van der Waals surface area contributed by atoms with E-state index in [1.54, 1.807) is 6.20 Å². The molecule has 0 radical (unpaired) electrons. The summed E-state index contributed by atoms with van der Waals surface area (Å²) in [6.07, 6.45) is 5.55. The molecule has 60 valence electrons. The summed E-state index contributed by atoms with van der Waals surface area (Å²) in [6.45, 7) is 2.15. The molecule has 0 aliphatic heterocycles. The smallest absolute Gasteiger partial charge is 0.0733 e. The molecule has 0 bridgehead atoms. The highest BCUT2D eigenvalue weighted by Crippen LogP contribution is 2.10. The minimum atomic E-state index is 0.803. The van der Waals surface area contributed by atoms with Crippen LogP contribution in [0.25, 0.3) is 10.9 Å². The molecular weight excluding hydrogens is 167 g/mol. The predicted molar refractivity (Wildman–Crippen MR) is 53.4 cm³/mol. The van der Waals surface area contributed by atoms with Crippen LogP contribution in [0.2, 0.25) is 0 Å². The molecule has 0 aromatic carbocycles. The summed E-state index contributed by atoms with van der Waals surface area (Å²) in [5.41, 5.74) is 1.02. The van der Waals surface area contributed by atoms with Crippen LogP contribution in [0.4, 0.5) is 0 Å². The fourth-order valence-electron chi connectivity index (χ4n) is 1.11. The first-order valence-corrected chi connectivity index (χ1v) is 5.27. The van der Waals surface area contributed by atoms with Crippen LogP contribution < -0.4 is 5.30 Å². The van der Waals surface area contributed by atoms with Crippen molar-refractivity contribution in [2.24, 2.45) is 0 Å². The SMILES string of the molecule is CPc1cnc2ccncc2c1. The van der Waals surface area contributed by atoms with Gasteiger partial charge in [0, 0.05) is 24.0 Å². The summed E-state index contributed by atoms with van der Waals surface area (Å²) in [7, 11) is 0.803. The van der Waals surface area contributed by atoms with Gasteiger partial charge in [0.2, 0.25) is 0 Å². The van der Waals surface area contributed by atoms with Crippen molar-refractivity contribution in [3.05, 3.63) is 30.7 Å². The first kappa shape index (κ1) is 7.63. The van der Waals surface area contributed by atoms with E-state index in [4.69, 9.17) is 0 Å². The Hall–Kier alpha value is -1.01. The second kappa shape index (κ2) is 3.16. The molecule has 1 atom stereocenters. The summed E-state index contributed by atoms with van der Waals surface area (Å²) in [4.78, 5) is 8.37. The minimum Gasteiger partial charge on any atom is -0.264 e. The summed E-state index contributed by atoms with van der Waals surface area (Å²) in [5.74, 6) is 0. The number of rotatable bonds is 1. The Morgan fingerprint density at radius 2 is 2.25 bits per heavy atom. The minimum absolute atomic E-state index is 0.803. The van der Waals surface area contributed by atoms with Crippen LogP contribution in [0.3, 0.4) is 0 Å². The number of nitrogens with zero attached hydrogens (tertiary/aromatic N) is 2. The van der Waals surface area contributed by atoms with Crippen LogP contribution in [0, 0.1) is 0 Å². The van der Waals surface area contributed by atoms with Crippen LogP contribution in [0.1, 0.15) is 0 Å². The highest BCUT2D eigenvalue weighted by atomic mass is 31.1. The molecule has 0 fully saturated rings. The van der Waals surface area contributed by atoms with Gasteiger partial charge in [0.15, 0.2) is 0 Å². The summed E-state index contributed by atoms with van der Waals surface area (Å²) < 4.78 is 0. The van der Waals surface area contributed by atoms with Gasteiger partial charge in [-0.15, -0.1) is 0 Å². The molecule has 2 nitrogen and oxygen atoms in total. The molecule has 0 saturated heterocycles. The highest BCUT2D eigenvalue weighted by molar-refractivity contribution is 7.46. The Morgan fingerprint density at radius 3 is 3.08 bits per heavy atom. The molecule has 2 rings (SSSR count). The van der Waals surface area contributed by atoms with E-state index in [0.29, 0.717) is 0 Å². The van der Waals surface area contributed by atoms with Gasteiger partial charge in [0.25, 0.3) is 0 Å². The predicted octanol–water partition coefficient (Wildman–Crippen LogP) is 1.56. The van der Waals surface area contributed by atoms with E-state index in [1.807, 2.05) is 18.5 Å². The quantitative estimate of drug-likeness (QED) is 0.616. The van der Waals surface area contributed by atoms with E-state index < -0.39 is 0 Å². The highest BCUT2D eigenvalue weighted by Gasteiger charge is 1.94. The lowest BCUT2D eigenvalue weighted by molar-refractivity contribution is 1.33. The number of hydrogen-bond donors (Lipinski definition) is 0. The van der Waals surface area contributed by atoms with Gasteiger partial charge in [-0.25, -0.2) is 0 Å². The average molecular weight is 176 g/mol. The zero-order chi connectivity index (χ0) is 8.39. The van der Waals surface area contributed by atoms with Gasteiger partial charge in [-0.1, -0.05) is 8.58 Å². The van der Waals surface area contributed by atoms with Crippen molar-refractivity contribution < 1.29 is 0 Å². The van der Waals surface area contributed by atoms with Crippen molar-refractivity contribution in [2.75, 3.05) is 6.66 Å². The molecule has 0 amide bonds. The monoisotopic (exact) mass is 176 g/mol. The van der Waals surface area contributed by atoms with E-state index in [-0.39, 0.29) is 0 Å². The Balaban J connectivity index is 2.67. The summed E-state index contributed by atoms with van der Waals surface area (Å²) in [6, 6.07) is 4.08. The lowest BCUT2D eigenvalue weighted by Crippen LogP contribution is -1.94. The zero-order valence-electron chi connectivity index (χ0n) is 6.78. The van der Waals surface area contributed by atoms with Gasteiger partial charge in [-0.3, -0.25) is 9.97 Å². The van der Waals surface area contributed by atoms with Crippen molar-refractivity contribution in [1.82, 2.24) is 9.97 Å². The molecule has 0 aliphatic carbocycles. The average Bonchev–Trinajstić information content (AvgIpc) is 2.17. The maximum atomic E-state index is 4.32. The van der Waals surface area contributed by atoms with E-state index in [1.165, 1.54) is 5.30 Å². The Bertz CT molecular complexity index is 400. The normalized spacial score (nSPS) is 11.4. The number of pyridine rings is 2. The third-order valence-corrected chi connectivity index (χ3v) is 2.62. The second-order valence-electron chi connectivity index (χ2n) is 2.54. The first-order valence-electron chi connectivity index (χ1n) is 3.77. The van der Waals surface area contributed by atoms with E-state index in [2.05, 4.69) is 22.7 Å². The maximum absolute atomic E-state index is 4.32. The van der Waals surface area contributed by atoms with Gasteiger partial charge >= 0.3 is 0 Å². The molecule has 0 saturated carbocycles. The topological polar surface area (TPSA) is 25.8 Å². The third-order valence-electron chi connectivity index (χ3n) is 1.77. The van der Waals surface area contributed by atoms with Gasteiger partial charge in [0.1, 0.15) is 0 Å². The first-order chi connectivity index (χ1) is 5.90. The standard InChI is InChI=1S/C9H9N2P/c1-12-8-4-7-5-10-3-2-9(7)11-6-8/h2-6,12H,1H3. The van der Waals surface area contributed by atoms with Crippen molar-refractivity contribution >= 4 is 24.8 Å². The summed E-state index contributed by atoms with van der Waals surface area (Å²) in [5, 5.41) is 2.42. The number of aromatic nitrogens is 2. The molecule has 2 heterocycles. The zero-order valence-corrected chi connectivity index (χ0v) is 7.78. The van der Waals surface area contributed by atoms with Crippen LogP contribution >= 0.6 is 8.58 Å². The van der Waals surface area contributed by atoms with Gasteiger partial charge in [0.05, 0.1) is 5.52 Å². The van der Waals surface area contributed by atoms with Crippen molar-refractivity contribution in [3.8, 4) is 0 Å². The van der Waals surface area contributed by atoms with E-state index >= 15 is 0 Å². The Morgan fingerprint density at radius 1 is 1.33 bits per heavy atom. The van der Waals surface area contributed by atoms with Crippen LogP contribution in [0.5, 0.6) is 0 Å². The maximum Gasteiger partial charge on any atom is 0.0733 e. The van der Waals surface area contributed by atoms with Crippen molar-refractivity contribution in [2.45, 2.75) is 0 Å². The largest absolute Gasteiger partial charge is 0.264 e. The molecular formula is C9H9N2P. The fraction of sp³-hybridized carbons (Fsp3) is 0.111. The Kier molecular flexibility index (Phi) is 2.01. The lowest BCUT2D eigenvalue weighted by atomic mass is 10.3.